The van der Waals surface area contributed by atoms with E-state index in [-0.39, 0.29) is 10.6 Å². The number of rotatable bonds is 2. The molecule has 0 saturated carbocycles. The third-order valence-electron chi connectivity index (χ3n) is 2.25. The number of aryl methyl sites for hydroxylation is 1. The van der Waals surface area contributed by atoms with E-state index < -0.39 is 0 Å². The monoisotopic (exact) mass is 313 g/mol. The molecule has 0 bridgehead atoms. The van der Waals surface area contributed by atoms with Crippen molar-refractivity contribution in [2.75, 3.05) is 5.32 Å². The van der Waals surface area contributed by atoms with Gasteiger partial charge in [0.25, 0.3) is 5.56 Å². The smallest absolute Gasteiger partial charge is 0.271 e. The van der Waals surface area contributed by atoms with E-state index in [0.29, 0.717) is 5.82 Å². The lowest BCUT2D eigenvalue weighted by molar-refractivity contribution is 1.12. The molecule has 0 aliphatic heterocycles. The van der Waals surface area contributed by atoms with Crippen molar-refractivity contribution in [2.45, 2.75) is 6.92 Å². The van der Waals surface area contributed by atoms with Crippen LogP contribution in [0.5, 0.6) is 0 Å². The number of benzene rings is 1. The fourth-order valence-electron chi connectivity index (χ4n) is 1.33. The molecule has 1 aromatic heterocycles. The molecular formula is C11H9BrClN3O. The molecule has 0 atom stereocenters. The predicted molar refractivity (Wildman–Crippen MR) is 72.0 cm³/mol. The van der Waals surface area contributed by atoms with Crippen LogP contribution in [0.4, 0.5) is 11.5 Å². The number of aromatic nitrogens is 2. The van der Waals surface area contributed by atoms with Crippen LogP contribution in [0.2, 0.25) is 5.02 Å². The molecule has 2 aromatic rings. The molecule has 0 aliphatic carbocycles. The molecule has 0 fully saturated rings. The number of H-pyrrole nitrogens is 1. The Balaban J connectivity index is 2.41. The Bertz CT molecular complexity index is 612. The van der Waals surface area contributed by atoms with Gasteiger partial charge in [0.05, 0.1) is 6.33 Å². The van der Waals surface area contributed by atoms with Gasteiger partial charge in [-0.15, -0.1) is 0 Å². The average molecular weight is 315 g/mol. The minimum absolute atomic E-state index is 0.0480. The summed E-state index contributed by atoms with van der Waals surface area (Å²) >= 11 is 9.24. The van der Waals surface area contributed by atoms with Crippen LogP contribution in [-0.2, 0) is 0 Å². The number of aromatic amines is 1. The van der Waals surface area contributed by atoms with Gasteiger partial charge in [0.1, 0.15) is 5.02 Å². The Kier molecular flexibility index (Phi) is 3.49. The van der Waals surface area contributed by atoms with Crippen molar-refractivity contribution in [3.8, 4) is 0 Å². The minimum atomic E-state index is -0.364. The molecule has 88 valence electrons. The van der Waals surface area contributed by atoms with E-state index in [1.54, 1.807) is 0 Å². The van der Waals surface area contributed by atoms with Crippen LogP contribution in [0, 0.1) is 6.92 Å². The van der Waals surface area contributed by atoms with Gasteiger partial charge in [-0.25, -0.2) is 4.98 Å². The molecule has 4 nitrogen and oxygen atoms in total. The first kappa shape index (κ1) is 12.1. The van der Waals surface area contributed by atoms with Gasteiger partial charge in [-0.1, -0.05) is 33.6 Å². The second-order valence-corrected chi connectivity index (χ2v) is 4.77. The maximum Gasteiger partial charge on any atom is 0.271 e. The van der Waals surface area contributed by atoms with Crippen LogP contribution in [0.1, 0.15) is 5.56 Å². The summed E-state index contributed by atoms with van der Waals surface area (Å²) in [4.78, 5) is 17.7. The molecular weight excluding hydrogens is 305 g/mol. The summed E-state index contributed by atoms with van der Waals surface area (Å²) in [6, 6.07) is 5.79. The normalized spacial score (nSPS) is 10.3. The number of nitrogens with one attached hydrogen (secondary N) is 2. The molecule has 17 heavy (non-hydrogen) atoms. The minimum Gasteiger partial charge on any atom is -0.339 e. The summed E-state index contributed by atoms with van der Waals surface area (Å²) < 4.78 is 0.937. The van der Waals surface area contributed by atoms with Crippen molar-refractivity contribution in [1.82, 2.24) is 9.97 Å². The van der Waals surface area contributed by atoms with E-state index >= 15 is 0 Å². The number of anilines is 2. The van der Waals surface area contributed by atoms with Crippen molar-refractivity contribution in [2.24, 2.45) is 0 Å². The van der Waals surface area contributed by atoms with Crippen molar-refractivity contribution < 1.29 is 0 Å². The lowest BCUT2D eigenvalue weighted by Crippen LogP contribution is -2.09. The first-order valence-electron chi connectivity index (χ1n) is 4.84. The quantitative estimate of drug-likeness (QED) is 0.894. The number of halogens is 2. The molecule has 6 heteroatoms. The topological polar surface area (TPSA) is 57.8 Å². The molecule has 0 radical (unpaired) electrons. The second-order valence-electron chi connectivity index (χ2n) is 3.48. The van der Waals surface area contributed by atoms with Crippen LogP contribution in [0.15, 0.2) is 33.8 Å². The Hall–Kier alpha value is -1.33. The van der Waals surface area contributed by atoms with Crippen molar-refractivity contribution >= 4 is 39.0 Å². The molecule has 0 spiro atoms. The van der Waals surface area contributed by atoms with Crippen molar-refractivity contribution in [3.05, 3.63) is 49.9 Å². The van der Waals surface area contributed by atoms with Gasteiger partial charge in [0.2, 0.25) is 0 Å². The molecule has 2 N–H and O–H groups in total. The highest BCUT2D eigenvalue weighted by atomic mass is 79.9. The highest BCUT2D eigenvalue weighted by Gasteiger charge is 2.07. The zero-order valence-corrected chi connectivity index (χ0v) is 11.3. The molecule has 1 aromatic carbocycles. The van der Waals surface area contributed by atoms with Gasteiger partial charge in [-0.3, -0.25) is 4.79 Å². The average Bonchev–Trinajstić information content (AvgIpc) is 2.30. The van der Waals surface area contributed by atoms with E-state index in [1.807, 2.05) is 25.1 Å². The highest BCUT2D eigenvalue weighted by molar-refractivity contribution is 9.10. The van der Waals surface area contributed by atoms with Crippen molar-refractivity contribution in [3.63, 3.8) is 0 Å². The van der Waals surface area contributed by atoms with Gasteiger partial charge >= 0.3 is 0 Å². The summed E-state index contributed by atoms with van der Waals surface area (Å²) in [7, 11) is 0. The van der Waals surface area contributed by atoms with Crippen LogP contribution < -0.4 is 10.9 Å². The van der Waals surface area contributed by atoms with Crippen LogP contribution in [-0.4, -0.2) is 9.97 Å². The SMILES string of the molecule is Cc1ccc(Br)cc1Nc1nc[nH]c(=O)c1Cl. The zero-order chi connectivity index (χ0) is 12.4. The van der Waals surface area contributed by atoms with Gasteiger partial charge in [0, 0.05) is 10.2 Å². The van der Waals surface area contributed by atoms with Gasteiger partial charge in [-0.05, 0) is 24.6 Å². The lowest BCUT2D eigenvalue weighted by Gasteiger charge is -2.09. The second kappa shape index (κ2) is 4.89. The molecule has 0 amide bonds. The summed E-state index contributed by atoms with van der Waals surface area (Å²) in [6.45, 7) is 1.95. The maximum atomic E-state index is 11.3. The predicted octanol–water partition coefficient (Wildman–Crippen LogP) is 3.24. The number of hydrogen-bond donors (Lipinski definition) is 2. The largest absolute Gasteiger partial charge is 0.339 e. The molecule has 0 aliphatic rings. The number of nitrogens with zero attached hydrogens (tertiary/aromatic N) is 1. The third kappa shape index (κ3) is 2.68. The van der Waals surface area contributed by atoms with Crippen LogP contribution >= 0.6 is 27.5 Å². The van der Waals surface area contributed by atoms with E-state index in [1.165, 1.54) is 6.33 Å². The van der Waals surface area contributed by atoms with Crippen LogP contribution in [0.3, 0.4) is 0 Å². The Labute approximate surface area is 111 Å². The summed E-state index contributed by atoms with van der Waals surface area (Å²) in [5.74, 6) is 0.344. The lowest BCUT2D eigenvalue weighted by atomic mass is 10.2. The van der Waals surface area contributed by atoms with Crippen molar-refractivity contribution in [1.29, 1.82) is 0 Å². The summed E-state index contributed by atoms with van der Waals surface area (Å²) in [5, 5.41) is 3.08. The van der Waals surface area contributed by atoms with Gasteiger partial charge in [-0.2, -0.15) is 0 Å². The van der Waals surface area contributed by atoms with Gasteiger partial charge < -0.3 is 10.3 Å². The highest BCUT2D eigenvalue weighted by Crippen LogP contribution is 2.25. The fourth-order valence-corrected chi connectivity index (χ4v) is 1.84. The van der Waals surface area contributed by atoms with E-state index in [2.05, 4.69) is 31.2 Å². The van der Waals surface area contributed by atoms with E-state index in [4.69, 9.17) is 11.6 Å². The van der Waals surface area contributed by atoms with E-state index in [9.17, 15) is 4.79 Å². The number of hydrogen-bond acceptors (Lipinski definition) is 3. The van der Waals surface area contributed by atoms with E-state index in [0.717, 1.165) is 15.7 Å². The zero-order valence-electron chi connectivity index (χ0n) is 8.92. The molecule has 0 saturated heterocycles. The third-order valence-corrected chi connectivity index (χ3v) is 3.09. The Morgan fingerprint density at radius 3 is 3.00 bits per heavy atom. The summed E-state index contributed by atoms with van der Waals surface area (Å²) in [5.41, 5.74) is 1.52. The Morgan fingerprint density at radius 1 is 1.47 bits per heavy atom. The summed E-state index contributed by atoms with van der Waals surface area (Å²) in [6.07, 6.45) is 1.31. The maximum absolute atomic E-state index is 11.3. The van der Waals surface area contributed by atoms with Gasteiger partial charge in [0.15, 0.2) is 5.82 Å². The van der Waals surface area contributed by atoms with Crippen LogP contribution in [0.25, 0.3) is 0 Å². The first-order chi connectivity index (χ1) is 8.08. The molecule has 1 heterocycles. The molecule has 2 rings (SSSR count). The fraction of sp³-hybridized carbons (Fsp3) is 0.0909. The Morgan fingerprint density at radius 2 is 2.24 bits per heavy atom. The standard InChI is InChI=1S/C11H9BrClN3O/c1-6-2-3-7(12)4-8(6)16-10-9(13)11(17)15-5-14-10/h2-5H,1H3,(H2,14,15,16,17). The molecule has 0 unspecified atom stereocenters. The first-order valence-corrected chi connectivity index (χ1v) is 6.01.